The Labute approximate surface area is 213 Å². The molecule has 0 heterocycles. The molecule has 0 spiro atoms. The SMILES string of the molecule is Cc1ccc(S(=O)(=O)N(CC(=O)NCCSc2ccc(Cl)cc2)c2ccc(Cl)c(Cl)c2)cc1. The third kappa shape index (κ3) is 7.04. The molecule has 0 aromatic heterocycles. The maximum atomic E-state index is 13.4. The van der Waals surface area contributed by atoms with Crippen molar-refractivity contribution in [2.45, 2.75) is 16.7 Å². The van der Waals surface area contributed by atoms with E-state index in [4.69, 9.17) is 34.8 Å². The number of carbonyl (C=O) groups excluding carboxylic acids is 1. The zero-order chi connectivity index (χ0) is 24.0. The summed E-state index contributed by atoms with van der Waals surface area (Å²) in [5, 5.41) is 3.91. The van der Waals surface area contributed by atoms with Crippen LogP contribution in [0.4, 0.5) is 5.69 Å². The van der Waals surface area contributed by atoms with Gasteiger partial charge < -0.3 is 5.32 Å². The monoisotopic (exact) mass is 542 g/mol. The Hall–Kier alpha value is -1.90. The predicted molar refractivity (Wildman–Crippen MR) is 137 cm³/mol. The molecule has 0 fully saturated rings. The Morgan fingerprint density at radius 1 is 0.939 bits per heavy atom. The molecule has 10 heteroatoms. The van der Waals surface area contributed by atoms with Gasteiger partial charge in [-0.1, -0.05) is 52.5 Å². The van der Waals surface area contributed by atoms with Crippen molar-refractivity contribution in [3.8, 4) is 0 Å². The number of nitrogens with zero attached hydrogens (tertiary/aromatic N) is 1. The number of rotatable bonds is 9. The molecule has 0 saturated carbocycles. The molecule has 3 aromatic rings. The maximum absolute atomic E-state index is 13.4. The minimum atomic E-state index is -4.02. The number of benzene rings is 3. The van der Waals surface area contributed by atoms with E-state index in [0.717, 1.165) is 14.8 Å². The number of amides is 1. The minimum Gasteiger partial charge on any atom is -0.354 e. The lowest BCUT2D eigenvalue weighted by Crippen LogP contribution is -2.41. The molecule has 5 nitrogen and oxygen atoms in total. The van der Waals surface area contributed by atoms with E-state index in [1.165, 1.54) is 30.3 Å². The average Bonchev–Trinajstić information content (AvgIpc) is 2.78. The second-order valence-electron chi connectivity index (χ2n) is 7.08. The van der Waals surface area contributed by atoms with Crippen LogP contribution in [0.3, 0.4) is 0 Å². The molecule has 1 N–H and O–H groups in total. The number of sulfonamides is 1. The zero-order valence-electron chi connectivity index (χ0n) is 17.6. The summed E-state index contributed by atoms with van der Waals surface area (Å²) in [5.74, 6) is 0.179. The molecule has 1 amide bonds. The fourth-order valence-electron chi connectivity index (χ4n) is 2.87. The lowest BCUT2D eigenvalue weighted by Gasteiger charge is -2.24. The topological polar surface area (TPSA) is 66.5 Å². The van der Waals surface area contributed by atoms with Crippen molar-refractivity contribution in [3.05, 3.63) is 87.4 Å². The van der Waals surface area contributed by atoms with Gasteiger partial charge in [0.05, 0.1) is 20.6 Å². The molecule has 0 aliphatic heterocycles. The largest absolute Gasteiger partial charge is 0.354 e. The highest BCUT2D eigenvalue weighted by Crippen LogP contribution is 2.30. The van der Waals surface area contributed by atoms with Crippen LogP contribution in [0, 0.1) is 6.92 Å². The van der Waals surface area contributed by atoms with Crippen molar-refractivity contribution >= 4 is 68.2 Å². The summed E-state index contributed by atoms with van der Waals surface area (Å²) >= 11 is 19.6. The summed E-state index contributed by atoms with van der Waals surface area (Å²) in [4.78, 5) is 13.8. The van der Waals surface area contributed by atoms with Gasteiger partial charge in [-0.3, -0.25) is 9.10 Å². The Kier molecular flexibility index (Phi) is 8.95. The van der Waals surface area contributed by atoms with E-state index in [1.807, 2.05) is 19.1 Å². The van der Waals surface area contributed by atoms with Gasteiger partial charge in [0.2, 0.25) is 5.91 Å². The van der Waals surface area contributed by atoms with Crippen LogP contribution in [-0.2, 0) is 14.8 Å². The minimum absolute atomic E-state index is 0.0743. The average molecular weight is 544 g/mol. The highest BCUT2D eigenvalue weighted by molar-refractivity contribution is 7.99. The Bertz CT molecular complexity index is 1220. The third-order valence-corrected chi connectivity index (χ3v) is 8.39. The molecule has 3 aromatic carbocycles. The van der Waals surface area contributed by atoms with Crippen LogP contribution in [0.1, 0.15) is 5.56 Å². The van der Waals surface area contributed by atoms with Crippen LogP contribution >= 0.6 is 46.6 Å². The molecule has 0 unspecified atom stereocenters. The normalized spacial score (nSPS) is 11.3. The number of carbonyl (C=O) groups is 1. The highest BCUT2D eigenvalue weighted by atomic mass is 35.5. The fraction of sp³-hybridized carbons (Fsp3) is 0.174. The number of hydrogen-bond donors (Lipinski definition) is 1. The van der Waals surface area contributed by atoms with Gasteiger partial charge in [-0.05, 0) is 61.5 Å². The molecular weight excluding hydrogens is 523 g/mol. The van der Waals surface area contributed by atoms with Crippen molar-refractivity contribution in [1.29, 1.82) is 0 Å². The van der Waals surface area contributed by atoms with Crippen molar-refractivity contribution in [3.63, 3.8) is 0 Å². The summed E-state index contributed by atoms with van der Waals surface area (Å²) in [6.07, 6.45) is 0. The Morgan fingerprint density at radius 2 is 1.61 bits per heavy atom. The van der Waals surface area contributed by atoms with Crippen LogP contribution in [0.15, 0.2) is 76.5 Å². The predicted octanol–water partition coefficient (Wildman–Crippen LogP) is 6.06. The molecule has 33 heavy (non-hydrogen) atoms. The van der Waals surface area contributed by atoms with E-state index in [2.05, 4.69) is 5.32 Å². The summed E-state index contributed by atoms with van der Waals surface area (Å²) in [6.45, 7) is 1.83. The molecule has 0 bridgehead atoms. The van der Waals surface area contributed by atoms with E-state index in [-0.39, 0.29) is 20.6 Å². The summed E-state index contributed by atoms with van der Waals surface area (Å²) in [5.41, 5.74) is 1.17. The van der Waals surface area contributed by atoms with Gasteiger partial charge in [0.15, 0.2) is 0 Å². The van der Waals surface area contributed by atoms with Crippen molar-refractivity contribution < 1.29 is 13.2 Å². The number of anilines is 1. The molecular formula is C23H21Cl3N2O3S2. The number of nitrogens with one attached hydrogen (secondary N) is 1. The molecule has 174 valence electrons. The van der Waals surface area contributed by atoms with Gasteiger partial charge in [0.1, 0.15) is 6.54 Å². The van der Waals surface area contributed by atoms with Crippen molar-refractivity contribution in [2.24, 2.45) is 0 Å². The number of hydrogen-bond acceptors (Lipinski definition) is 4. The number of thioether (sulfide) groups is 1. The van der Waals surface area contributed by atoms with Crippen LogP contribution in [0.5, 0.6) is 0 Å². The summed E-state index contributed by atoms with van der Waals surface area (Å²) < 4.78 is 27.8. The van der Waals surface area contributed by atoms with Crippen molar-refractivity contribution in [1.82, 2.24) is 5.32 Å². The van der Waals surface area contributed by atoms with Gasteiger partial charge >= 0.3 is 0 Å². The van der Waals surface area contributed by atoms with Gasteiger partial charge in [-0.15, -0.1) is 11.8 Å². The maximum Gasteiger partial charge on any atom is 0.264 e. The second kappa shape index (κ2) is 11.5. The first-order valence-electron chi connectivity index (χ1n) is 9.86. The van der Waals surface area contributed by atoms with Gasteiger partial charge in [-0.25, -0.2) is 8.42 Å². The quantitative estimate of drug-likeness (QED) is 0.263. The number of halogens is 3. The lowest BCUT2D eigenvalue weighted by atomic mass is 10.2. The van der Waals surface area contributed by atoms with E-state index < -0.39 is 22.5 Å². The molecule has 0 atom stereocenters. The van der Waals surface area contributed by atoms with E-state index in [1.54, 1.807) is 36.0 Å². The van der Waals surface area contributed by atoms with E-state index in [0.29, 0.717) is 17.3 Å². The van der Waals surface area contributed by atoms with E-state index >= 15 is 0 Å². The van der Waals surface area contributed by atoms with Crippen LogP contribution in [-0.4, -0.2) is 33.2 Å². The standard InChI is InChI=1S/C23H21Cl3N2O3S2/c1-16-2-9-20(10-3-16)33(30,31)28(18-6-11-21(25)22(26)14-18)15-23(29)27-12-13-32-19-7-4-17(24)5-8-19/h2-11,14H,12-13,15H2,1H3,(H,27,29). The van der Waals surface area contributed by atoms with Gasteiger partial charge in [-0.2, -0.15) is 0 Å². The first kappa shape index (κ1) is 25.7. The van der Waals surface area contributed by atoms with Crippen LogP contribution in [0.2, 0.25) is 15.1 Å². The molecule has 0 aliphatic rings. The first-order valence-corrected chi connectivity index (χ1v) is 13.4. The molecule has 0 radical (unpaired) electrons. The third-order valence-electron chi connectivity index (χ3n) is 4.59. The molecule has 3 rings (SSSR count). The lowest BCUT2D eigenvalue weighted by molar-refractivity contribution is -0.119. The van der Waals surface area contributed by atoms with E-state index in [9.17, 15) is 13.2 Å². The highest BCUT2D eigenvalue weighted by Gasteiger charge is 2.27. The summed E-state index contributed by atoms with van der Waals surface area (Å²) in [6, 6.07) is 18.3. The zero-order valence-corrected chi connectivity index (χ0v) is 21.5. The Balaban J connectivity index is 1.73. The van der Waals surface area contributed by atoms with Gasteiger partial charge in [0.25, 0.3) is 10.0 Å². The second-order valence-corrected chi connectivity index (χ2v) is 11.4. The molecule has 0 aliphatic carbocycles. The van der Waals surface area contributed by atoms with Crippen LogP contribution in [0.25, 0.3) is 0 Å². The van der Waals surface area contributed by atoms with Gasteiger partial charge in [0, 0.05) is 22.2 Å². The first-order chi connectivity index (χ1) is 15.7. The fourth-order valence-corrected chi connectivity index (χ4v) is 5.47. The smallest absolute Gasteiger partial charge is 0.264 e. The summed E-state index contributed by atoms with van der Waals surface area (Å²) in [7, 11) is -4.02. The number of aryl methyl sites for hydroxylation is 1. The Morgan fingerprint density at radius 3 is 2.24 bits per heavy atom. The van der Waals surface area contributed by atoms with Crippen molar-refractivity contribution in [2.75, 3.05) is 23.1 Å². The molecule has 0 saturated heterocycles. The van der Waals surface area contributed by atoms with Crippen LogP contribution < -0.4 is 9.62 Å².